The number of hydrogen-bond donors (Lipinski definition) is 1. The number of anilines is 1. The lowest BCUT2D eigenvalue weighted by molar-refractivity contribution is -0.258. The fourth-order valence-corrected chi connectivity index (χ4v) is 9.09. The highest BCUT2D eigenvalue weighted by molar-refractivity contribution is 7.91. The van der Waals surface area contributed by atoms with Gasteiger partial charge in [0.15, 0.2) is 5.60 Å². The van der Waals surface area contributed by atoms with Crippen LogP contribution in [0.15, 0.2) is 75.8 Å². The molecule has 0 spiro atoms. The molecule has 1 unspecified atom stereocenters. The summed E-state index contributed by atoms with van der Waals surface area (Å²) in [5, 5.41) is 12.0. The van der Waals surface area contributed by atoms with Gasteiger partial charge < -0.3 is 14.7 Å². The summed E-state index contributed by atoms with van der Waals surface area (Å²) in [7, 11) is -3.72. The van der Waals surface area contributed by atoms with E-state index in [0.29, 0.717) is 29.7 Å². The largest absolute Gasteiger partial charge is 0.421 e. The minimum Gasteiger partial charge on any atom is -0.381 e. The molecule has 0 amide bonds. The molecule has 1 aromatic heterocycles. The van der Waals surface area contributed by atoms with E-state index >= 15 is 0 Å². The Kier molecular flexibility index (Phi) is 7.76. The number of ether oxygens (including phenoxy) is 1. The summed E-state index contributed by atoms with van der Waals surface area (Å²) in [5.41, 5.74) is 0.942. The maximum absolute atomic E-state index is 13.7. The molecule has 2 saturated heterocycles. The van der Waals surface area contributed by atoms with Gasteiger partial charge in [-0.15, -0.1) is 11.3 Å². The Morgan fingerprint density at radius 3 is 2.36 bits per heavy atom. The number of sulfonamides is 1. The van der Waals surface area contributed by atoms with Crippen molar-refractivity contribution in [1.29, 1.82) is 0 Å². The Balaban J connectivity index is 1.41. The molecule has 0 radical (unpaired) electrons. The molecule has 224 valence electrons. The van der Waals surface area contributed by atoms with Crippen molar-refractivity contribution in [2.45, 2.75) is 47.7 Å². The van der Waals surface area contributed by atoms with Crippen LogP contribution in [0.2, 0.25) is 0 Å². The van der Waals surface area contributed by atoms with Gasteiger partial charge in [-0.2, -0.15) is 17.5 Å². The molecule has 3 aromatic rings. The Bertz CT molecular complexity index is 1550. The van der Waals surface area contributed by atoms with Crippen molar-refractivity contribution in [3.05, 3.63) is 88.3 Å². The number of fused-ring (bicyclic) bond motifs is 1. The summed E-state index contributed by atoms with van der Waals surface area (Å²) < 4.78 is 75.5. The summed E-state index contributed by atoms with van der Waals surface area (Å²) in [5.74, 6) is 0.176. The molecule has 3 heterocycles. The van der Waals surface area contributed by atoms with E-state index in [1.54, 1.807) is 34.0 Å². The number of halogens is 3. The van der Waals surface area contributed by atoms with Crippen molar-refractivity contribution in [2.24, 2.45) is 5.92 Å². The second kappa shape index (κ2) is 11.1. The van der Waals surface area contributed by atoms with Gasteiger partial charge in [-0.1, -0.05) is 54.1 Å². The minimum atomic E-state index is -4.82. The van der Waals surface area contributed by atoms with Crippen LogP contribution in [0.5, 0.6) is 0 Å². The van der Waals surface area contributed by atoms with Gasteiger partial charge in [-0.25, -0.2) is 8.42 Å². The lowest BCUT2D eigenvalue weighted by atomic mass is 9.78. The molecule has 1 aliphatic carbocycles. The Morgan fingerprint density at radius 2 is 1.69 bits per heavy atom. The second-order valence-corrected chi connectivity index (χ2v) is 14.4. The Morgan fingerprint density at radius 1 is 0.976 bits per heavy atom. The molecule has 0 saturated carbocycles. The van der Waals surface area contributed by atoms with E-state index in [4.69, 9.17) is 4.74 Å². The number of alkyl halides is 3. The molecule has 1 N–H and O–H groups in total. The normalized spacial score (nSPS) is 23.8. The molecule has 2 fully saturated rings. The average molecular weight is 619 g/mol. The van der Waals surface area contributed by atoms with Crippen molar-refractivity contribution in [3.63, 3.8) is 0 Å². The van der Waals surface area contributed by atoms with E-state index in [9.17, 15) is 26.7 Å². The maximum atomic E-state index is 13.7. The lowest BCUT2D eigenvalue weighted by Gasteiger charge is -2.46. The Labute approximate surface area is 248 Å². The smallest absolute Gasteiger partial charge is 0.381 e. The number of hydrogen-bond acceptors (Lipinski definition) is 6. The van der Waals surface area contributed by atoms with Crippen LogP contribution in [0.4, 0.5) is 18.9 Å². The second-order valence-electron chi connectivity index (χ2n) is 11.3. The summed E-state index contributed by atoms with van der Waals surface area (Å²) in [6, 6.07) is 17.0. The highest BCUT2D eigenvalue weighted by Crippen LogP contribution is 2.48. The van der Waals surface area contributed by atoms with E-state index < -0.39 is 21.8 Å². The first kappa shape index (κ1) is 29.4. The zero-order valence-electron chi connectivity index (χ0n) is 23.1. The molecule has 3 aliphatic rings. The summed E-state index contributed by atoms with van der Waals surface area (Å²) in [6.45, 7) is 2.91. The van der Waals surface area contributed by atoms with Crippen LogP contribution in [0.25, 0.3) is 6.08 Å². The number of benzene rings is 2. The van der Waals surface area contributed by atoms with Crippen LogP contribution in [-0.2, 0) is 20.4 Å². The predicted octanol–water partition coefficient (Wildman–Crippen LogP) is 6.00. The number of thiophene rings is 1. The van der Waals surface area contributed by atoms with Gasteiger partial charge in [0.1, 0.15) is 4.21 Å². The molecule has 42 heavy (non-hydrogen) atoms. The van der Waals surface area contributed by atoms with Gasteiger partial charge in [-0.05, 0) is 66.0 Å². The summed E-state index contributed by atoms with van der Waals surface area (Å²) >= 11 is 1.19. The van der Waals surface area contributed by atoms with Crippen molar-refractivity contribution < 1.29 is 31.4 Å². The van der Waals surface area contributed by atoms with E-state index in [-0.39, 0.29) is 36.5 Å². The third-order valence-electron chi connectivity index (χ3n) is 8.87. The van der Waals surface area contributed by atoms with Crippen LogP contribution in [0.1, 0.15) is 42.4 Å². The molecule has 6 rings (SSSR count). The third-order valence-corrected chi connectivity index (χ3v) is 12.1. The lowest BCUT2D eigenvalue weighted by Crippen LogP contribution is -2.57. The first-order valence-electron chi connectivity index (χ1n) is 14.1. The van der Waals surface area contributed by atoms with Gasteiger partial charge in [0.2, 0.25) is 0 Å². The summed E-state index contributed by atoms with van der Waals surface area (Å²) in [4.78, 5) is 2.13. The van der Waals surface area contributed by atoms with Crippen molar-refractivity contribution in [1.82, 2.24) is 4.31 Å². The first-order valence-corrected chi connectivity index (χ1v) is 16.4. The van der Waals surface area contributed by atoms with E-state index in [1.807, 2.05) is 12.1 Å². The van der Waals surface area contributed by atoms with Gasteiger partial charge in [0, 0.05) is 44.5 Å². The molecule has 11 heteroatoms. The van der Waals surface area contributed by atoms with Crippen molar-refractivity contribution in [3.8, 4) is 0 Å². The predicted molar refractivity (Wildman–Crippen MR) is 157 cm³/mol. The Hall–Kier alpha value is -2.70. The number of aliphatic hydroxyl groups is 1. The zero-order chi connectivity index (χ0) is 29.7. The average Bonchev–Trinajstić information content (AvgIpc) is 3.66. The van der Waals surface area contributed by atoms with E-state index in [2.05, 4.69) is 23.1 Å². The molecular formula is C31H33F3N2O4S2. The van der Waals surface area contributed by atoms with Crippen LogP contribution in [0, 0.1) is 5.92 Å². The van der Waals surface area contributed by atoms with Gasteiger partial charge >= 0.3 is 6.18 Å². The highest BCUT2D eigenvalue weighted by atomic mass is 32.2. The molecule has 2 aromatic carbocycles. The summed E-state index contributed by atoms with van der Waals surface area (Å²) in [6.07, 6.45) is -0.830. The van der Waals surface area contributed by atoms with Gasteiger partial charge in [-0.3, -0.25) is 0 Å². The van der Waals surface area contributed by atoms with Crippen molar-refractivity contribution >= 4 is 33.1 Å². The standard InChI is InChI=1S/C31H33F3N2O4S2/c1-30(37,31(32,33)34)23-8-10-24(11-9-23)36-15-14-35(42(38,39)28-7-4-18-41-28)20-27(36)29-25-6-3-2-5-22(25)19-26(29)21-12-16-40-17-13-21/h2-11,18-19,21,27,29,37H,12-17,20H2,1H3/t27-,29?,30+/m1/s1. The van der Waals surface area contributed by atoms with Crippen LogP contribution < -0.4 is 4.90 Å². The topological polar surface area (TPSA) is 70.1 Å². The third kappa shape index (κ3) is 5.19. The molecule has 6 nitrogen and oxygen atoms in total. The molecular weight excluding hydrogens is 585 g/mol. The fraction of sp³-hybridized carbons (Fsp3) is 0.419. The highest BCUT2D eigenvalue weighted by Gasteiger charge is 2.51. The SMILES string of the molecule is C[C@](O)(c1ccc(N2CCN(S(=O)(=O)c3cccs3)C[C@@H]2C2C(C3CCOCC3)=Cc3ccccc32)cc1)C(F)(F)F. The zero-order valence-corrected chi connectivity index (χ0v) is 24.8. The fourth-order valence-electron chi connectivity index (χ4n) is 6.49. The molecule has 2 aliphatic heterocycles. The quantitative estimate of drug-likeness (QED) is 0.367. The maximum Gasteiger partial charge on any atom is 0.421 e. The first-order chi connectivity index (χ1) is 20.0. The van der Waals surface area contributed by atoms with E-state index in [0.717, 1.165) is 30.9 Å². The monoisotopic (exact) mass is 618 g/mol. The van der Waals surface area contributed by atoms with Gasteiger partial charge in [0.25, 0.3) is 10.0 Å². The number of piperazine rings is 1. The minimum absolute atomic E-state index is 0.108. The number of nitrogens with zero attached hydrogens (tertiary/aromatic N) is 2. The van der Waals surface area contributed by atoms with E-state index in [1.165, 1.54) is 29.0 Å². The van der Waals surface area contributed by atoms with Crippen LogP contribution in [-0.4, -0.2) is 62.9 Å². The van der Waals surface area contributed by atoms with Crippen molar-refractivity contribution in [2.75, 3.05) is 37.7 Å². The molecule has 3 atom stereocenters. The number of rotatable bonds is 6. The molecule has 0 bridgehead atoms. The van der Waals surface area contributed by atoms with Crippen LogP contribution in [0.3, 0.4) is 0 Å². The van der Waals surface area contributed by atoms with Gasteiger partial charge in [0.05, 0.1) is 6.04 Å². The van der Waals surface area contributed by atoms with Crippen LogP contribution >= 0.6 is 11.3 Å².